The topological polar surface area (TPSA) is 32.5 Å². The smallest absolute Gasteiger partial charge is 0.0113 e. The fourth-order valence-corrected chi connectivity index (χ4v) is 2.92. The van der Waals surface area contributed by atoms with E-state index in [1.165, 1.54) is 52.0 Å². The van der Waals surface area contributed by atoms with Gasteiger partial charge in [0.1, 0.15) is 0 Å². The molecule has 0 amide bonds. The van der Waals surface area contributed by atoms with Crippen molar-refractivity contribution < 1.29 is 0 Å². The summed E-state index contributed by atoms with van der Waals surface area (Å²) < 4.78 is 0. The minimum absolute atomic E-state index is 0.346. The Balaban J connectivity index is 2.43. The third-order valence-electron chi connectivity index (χ3n) is 5.11. The molecular weight excluding hydrogens is 222 g/mol. The molecule has 3 nitrogen and oxygen atoms in total. The second-order valence-corrected chi connectivity index (χ2v) is 5.98. The van der Waals surface area contributed by atoms with E-state index in [0.717, 1.165) is 12.6 Å². The maximum Gasteiger partial charge on any atom is 0.0113 e. The van der Waals surface area contributed by atoms with Gasteiger partial charge in [-0.1, -0.05) is 20.8 Å². The van der Waals surface area contributed by atoms with E-state index < -0.39 is 0 Å². The van der Waals surface area contributed by atoms with Crippen LogP contribution in [0.3, 0.4) is 0 Å². The zero-order chi connectivity index (χ0) is 13.6. The zero-order valence-electron chi connectivity index (χ0n) is 12.9. The molecule has 1 heterocycles. The molecule has 1 atom stereocenters. The summed E-state index contributed by atoms with van der Waals surface area (Å²) in [6, 6.07) is 0.740. The highest BCUT2D eigenvalue weighted by molar-refractivity contribution is 4.84. The van der Waals surface area contributed by atoms with E-state index in [1.807, 2.05) is 0 Å². The van der Waals surface area contributed by atoms with Crippen LogP contribution in [-0.4, -0.2) is 55.1 Å². The lowest BCUT2D eigenvalue weighted by molar-refractivity contribution is 0.0645. The first-order valence-corrected chi connectivity index (χ1v) is 7.77. The van der Waals surface area contributed by atoms with Crippen molar-refractivity contribution in [1.29, 1.82) is 0 Å². The minimum atomic E-state index is 0.346. The second-order valence-electron chi connectivity index (χ2n) is 5.98. The lowest BCUT2D eigenvalue weighted by Gasteiger charge is -2.42. The fourth-order valence-electron chi connectivity index (χ4n) is 2.92. The van der Waals surface area contributed by atoms with E-state index in [9.17, 15) is 0 Å². The van der Waals surface area contributed by atoms with Crippen molar-refractivity contribution in [3.05, 3.63) is 0 Å². The molecule has 0 aromatic rings. The van der Waals surface area contributed by atoms with Crippen LogP contribution < -0.4 is 5.73 Å². The van der Waals surface area contributed by atoms with Gasteiger partial charge >= 0.3 is 0 Å². The monoisotopic (exact) mass is 255 g/mol. The van der Waals surface area contributed by atoms with E-state index in [1.54, 1.807) is 0 Å². The van der Waals surface area contributed by atoms with Crippen LogP contribution in [0.4, 0.5) is 0 Å². The van der Waals surface area contributed by atoms with Crippen LogP contribution in [0.2, 0.25) is 0 Å². The normalized spacial score (nSPS) is 21.2. The minimum Gasteiger partial charge on any atom is -0.330 e. The molecule has 1 saturated heterocycles. The molecule has 0 aromatic carbocycles. The van der Waals surface area contributed by atoms with Crippen LogP contribution in [0.1, 0.15) is 47.0 Å². The summed E-state index contributed by atoms with van der Waals surface area (Å²) in [5, 5.41) is 0. The van der Waals surface area contributed by atoms with Crippen LogP contribution in [-0.2, 0) is 0 Å². The maximum atomic E-state index is 6.01. The van der Waals surface area contributed by atoms with Gasteiger partial charge in [0, 0.05) is 38.8 Å². The Labute approximate surface area is 114 Å². The van der Waals surface area contributed by atoms with Crippen LogP contribution in [0, 0.1) is 5.41 Å². The molecule has 0 aromatic heterocycles. The molecular formula is C15H33N3. The molecule has 0 saturated carbocycles. The number of nitrogens with zero attached hydrogens (tertiary/aromatic N) is 2. The number of nitrogens with two attached hydrogens (primary N) is 1. The van der Waals surface area contributed by atoms with Gasteiger partial charge in [-0.05, 0) is 38.1 Å². The number of hydrogen-bond acceptors (Lipinski definition) is 3. The average Bonchev–Trinajstić information content (AvgIpc) is 2.45. The van der Waals surface area contributed by atoms with Gasteiger partial charge in [0.05, 0.1) is 0 Å². The number of rotatable bonds is 7. The van der Waals surface area contributed by atoms with Crippen molar-refractivity contribution in [2.75, 3.05) is 39.3 Å². The molecule has 2 N–H and O–H groups in total. The first kappa shape index (κ1) is 15.9. The van der Waals surface area contributed by atoms with E-state index in [-0.39, 0.29) is 0 Å². The fraction of sp³-hybridized carbons (Fsp3) is 1.00. The summed E-state index contributed by atoms with van der Waals surface area (Å²) in [5.74, 6) is 0. The van der Waals surface area contributed by atoms with Crippen LogP contribution in [0.25, 0.3) is 0 Å². The molecule has 108 valence electrons. The van der Waals surface area contributed by atoms with Gasteiger partial charge in [0.15, 0.2) is 0 Å². The van der Waals surface area contributed by atoms with Gasteiger partial charge in [-0.25, -0.2) is 0 Å². The van der Waals surface area contributed by atoms with Crippen molar-refractivity contribution in [3.8, 4) is 0 Å². The third kappa shape index (κ3) is 3.94. The van der Waals surface area contributed by atoms with E-state index >= 15 is 0 Å². The first-order valence-electron chi connectivity index (χ1n) is 7.77. The van der Waals surface area contributed by atoms with Crippen LogP contribution in [0.5, 0.6) is 0 Å². The lowest BCUT2D eigenvalue weighted by Crippen LogP contribution is -2.53. The van der Waals surface area contributed by atoms with Gasteiger partial charge in [0.2, 0.25) is 0 Å². The third-order valence-corrected chi connectivity index (χ3v) is 5.11. The highest BCUT2D eigenvalue weighted by atomic mass is 15.3. The SMILES string of the molecule is CCC(C)N1CCN(CC(CC)(CC)CN)CC1. The predicted octanol–water partition coefficient (Wildman–Crippen LogP) is 2.17. The van der Waals surface area contributed by atoms with Crippen molar-refractivity contribution in [2.45, 2.75) is 53.0 Å². The number of piperazine rings is 1. The van der Waals surface area contributed by atoms with Crippen LogP contribution >= 0.6 is 0 Å². The van der Waals surface area contributed by atoms with Crippen molar-refractivity contribution in [2.24, 2.45) is 11.1 Å². The molecule has 1 aliphatic heterocycles. The van der Waals surface area contributed by atoms with Gasteiger partial charge in [-0.15, -0.1) is 0 Å². The highest BCUT2D eigenvalue weighted by Crippen LogP contribution is 2.26. The van der Waals surface area contributed by atoms with E-state index in [4.69, 9.17) is 5.73 Å². The molecule has 1 unspecified atom stereocenters. The van der Waals surface area contributed by atoms with Gasteiger partial charge < -0.3 is 10.6 Å². The largest absolute Gasteiger partial charge is 0.330 e. The molecule has 18 heavy (non-hydrogen) atoms. The first-order chi connectivity index (χ1) is 8.60. The molecule has 0 spiro atoms. The Hall–Kier alpha value is -0.120. The summed E-state index contributed by atoms with van der Waals surface area (Å²) in [7, 11) is 0. The second kappa shape index (κ2) is 7.46. The summed E-state index contributed by atoms with van der Waals surface area (Å²) in [4.78, 5) is 5.25. The Kier molecular flexibility index (Phi) is 6.61. The summed E-state index contributed by atoms with van der Waals surface area (Å²) >= 11 is 0. The van der Waals surface area contributed by atoms with Crippen molar-refractivity contribution >= 4 is 0 Å². The number of hydrogen-bond donors (Lipinski definition) is 1. The van der Waals surface area contributed by atoms with Gasteiger partial charge in [0.25, 0.3) is 0 Å². The Morgan fingerprint density at radius 1 is 1.06 bits per heavy atom. The molecule has 1 fully saturated rings. The summed E-state index contributed by atoms with van der Waals surface area (Å²) in [6.07, 6.45) is 3.66. The Bertz CT molecular complexity index is 210. The van der Waals surface area contributed by atoms with Crippen molar-refractivity contribution in [1.82, 2.24) is 9.80 Å². The summed E-state index contributed by atoms with van der Waals surface area (Å²) in [6.45, 7) is 16.1. The molecule has 1 rings (SSSR count). The lowest BCUT2D eigenvalue weighted by atomic mass is 9.81. The molecule has 0 bridgehead atoms. The Morgan fingerprint density at radius 2 is 1.61 bits per heavy atom. The van der Waals surface area contributed by atoms with E-state index in [0.29, 0.717) is 5.41 Å². The standard InChI is InChI=1S/C15H33N3/c1-5-14(4)18-10-8-17(9-11-18)13-15(6-2,7-3)12-16/h14H,5-13,16H2,1-4H3. The van der Waals surface area contributed by atoms with Crippen molar-refractivity contribution in [3.63, 3.8) is 0 Å². The van der Waals surface area contributed by atoms with Gasteiger partial charge in [-0.2, -0.15) is 0 Å². The highest BCUT2D eigenvalue weighted by Gasteiger charge is 2.29. The van der Waals surface area contributed by atoms with Gasteiger partial charge in [-0.3, -0.25) is 4.90 Å². The summed E-state index contributed by atoms with van der Waals surface area (Å²) in [5.41, 5.74) is 6.35. The quantitative estimate of drug-likeness (QED) is 0.757. The molecule has 0 aliphatic carbocycles. The van der Waals surface area contributed by atoms with Crippen LogP contribution in [0.15, 0.2) is 0 Å². The predicted molar refractivity (Wildman–Crippen MR) is 79.8 cm³/mol. The molecule has 0 radical (unpaired) electrons. The Morgan fingerprint density at radius 3 is 2.00 bits per heavy atom. The molecule has 1 aliphatic rings. The average molecular weight is 255 g/mol. The maximum absolute atomic E-state index is 6.01. The molecule has 3 heteroatoms. The van der Waals surface area contributed by atoms with E-state index in [2.05, 4.69) is 37.5 Å². The zero-order valence-corrected chi connectivity index (χ0v) is 12.9.